The molecule has 6 heteroatoms. The van der Waals surface area contributed by atoms with Crippen LogP contribution < -0.4 is 5.32 Å². The maximum absolute atomic E-state index is 12.8. The summed E-state index contributed by atoms with van der Waals surface area (Å²) in [5.41, 5.74) is 4.55. The molecule has 1 aliphatic rings. The van der Waals surface area contributed by atoms with Crippen LogP contribution >= 0.6 is 0 Å². The van der Waals surface area contributed by atoms with Gasteiger partial charge in [-0.05, 0) is 69.4 Å². The third-order valence-electron chi connectivity index (χ3n) is 5.87. The molecule has 0 spiro atoms. The Kier molecular flexibility index (Phi) is 6.44. The second-order valence-electron chi connectivity index (χ2n) is 8.07. The number of hydrogen-bond donors (Lipinski definition) is 1. The van der Waals surface area contributed by atoms with Gasteiger partial charge in [0.1, 0.15) is 0 Å². The van der Waals surface area contributed by atoms with E-state index in [1.165, 1.54) is 15.4 Å². The number of nitrogens with zero attached hydrogens (tertiary/aromatic N) is 1. The Morgan fingerprint density at radius 1 is 1.00 bits per heavy atom. The highest BCUT2D eigenvalue weighted by Crippen LogP contribution is 2.25. The fourth-order valence-corrected chi connectivity index (χ4v) is 5.14. The van der Waals surface area contributed by atoms with Gasteiger partial charge in [0.25, 0.3) is 0 Å². The van der Waals surface area contributed by atoms with Crippen molar-refractivity contribution in [3.05, 3.63) is 64.7 Å². The van der Waals surface area contributed by atoms with Crippen LogP contribution in [0.25, 0.3) is 0 Å². The molecule has 1 atom stereocenters. The topological polar surface area (TPSA) is 66.5 Å². The molecule has 156 valence electrons. The van der Waals surface area contributed by atoms with Crippen LogP contribution in [0.5, 0.6) is 0 Å². The van der Waals surface area contributed by atoms with E-state index in [1.807, 2.05) is 19.9 Å². The Morgan fingerprint density at radius 2 is 1.62 bits per heavy atom. The summed E-state index contributed by atoms with van der Waals surface area (Å²) < 4.78 is 27.1. The summed E-state index contributed by atoms with van der Waals surface area (Å²) in [7, 11) is -3.50. The lowest BCUT2D eigenvalue weighted by molar-refractivity contribution is -0.126. The lowest BCUT2D eigenvalue weighted by Gasteiger charge is -2.31. The summed E-state index contributed by atoms with van der Waals surface area (Å²) in [5, 5.41) is 3.10. The standard InChI is InChI=1S/C23H30N2O3S/c1-16-5-9-22(10-6-16)29(27,28)25-13-11-20(12-14-25)23(26)24-19(4)21-8-7-17(2)18(3)15-21/h5-10,15,19-20H,11-14H2,1-4H3,(H,24,26)/t19-/m0/s1. The van der Waals surface area contributed by atoms with E-state index in [0.717, 1.165) is 11.1 Å². The summed E-state index contributed by atoms with van der Waals surface area (Å²) in [5.74, 6) is -0.156. The molecule has 0 saturated carbocycles. The van der Waals surface area contributed by atoms with Crippen molar-refractivity contribution in [2.45, 2.75) is 51.5 Å². The van der Waals surface area contributed by atoms with Crippen LogP contribution in [0.4, 0.5) is 0 Å². The van der Waals surface area contributed by atoms with Crippen LogP contribution in [0.15, 0.2) is 47.4 Å². The number of hydrogen-bond acceptors (Lipinski definition) is 3. The number of carbonyl (C=O) groups excluding carboxylic acids is 1. The van der Waals surface area contributed by atoms with E-state index >= 15 is 0 Å². The van der Waals surface area contributed by atoms with Crippen molar-refractivity contribution < 1.29 is 13.2 Å². The van der Waals surface area contributed by atoms with E-state index in [1.54, 1.807) is 24.3 Å². The molecule has 29 heavy (non-hydrogen) atoms. The predicted molar refractivity (Wildman–Crippen MR) is 115 cm³/mol. The minimum atomic E-state index is -3.50. The quantitative estimate of drug-likeness (QED) is 0.807. The Labute approximate surface area is 174 Å². The predicted octanol–water partition coefficient (Wildman–Crippen LogP) is 3.89. The van der Waals surface area contributed by atoms with E-state index in [2.05, 4.69) is 31.3 Å². The molecule has 0 radical (unpaired) electrons. The van der Waals surface area contributed by atoms with Crippen molar-refractivity contribution >= 4 is 15.9 Å². The maximum Gasteiger partial charge on any atom is 0.243 e. The third-order valence-corrected chi connectivity index (χ3v) is 7.79. The molecule has 1 heterocycles. The molecule has 5 nitrogen and oxygen atoms in total. The van der Waals surface area contributed by atoms with Gasteiger partial charge in [0.15, 0.2) is 0 Å². The number of piperidine rings is 1. The van der Waals surface area contributed by atoms with Gasteiger partial charge in [-0.3, -0.25) is 4.79 Å². The molecule has 0 aromatic heterocycles. The van der Waals surface area contributed by atoms with E-state index in [4.69, 9.17) is 0 Å². The Hall–Kier alpha value is -2.18. The van der Waals surface area contributed by atoms with Crippen LogP contribution in [-0.4, -0.2) is 31.7 Å². The summed E-state index contributed by atoms with van der Waals surface area (Å²) in [6.45, 7) is 8.79. The number of aryl methyl sites for hydroxylation is 3. The summed E-state index contributed by atoms with van der Waals surface area (Å²) in [6.07, 6.45) is 1.08. The van der Waals surface area contributed by atoms with Gasteiger partial charge < -0.3 is 5.32 Å². The Balaban J connectivity index is 1.59. The van der Waals surface area contributed by atoms with Gasteiger partial charge >= 0.3 is 0 Å². The molecule has 2 aromatic rings. The minimum Gasteiger partial charge on any atom is -0.349 e. The summed E-state index contributed by atoms with van der Waals surface area (Å²) in [4.78, 5) is 13.0. The average molecular weight is 415 g/mol. The largest absolute Gasteiger partial charge is 0.349 e. The highest BCUT2D eigenvalue weighted by Gasteiger charge is 2.32. The molecular weight excluding hydrogens is 384 g/mol. The number of rotatable bonds is 5. The van der Waals surface area contributed by atoms with Gasteiger partial charge in [0.2, 0.25) is 15.9 Å². The molecule has 1 N–H and O–H groups in total. The molecule has 1 fully saturated rings. The summed E-state index contributed by atoms with van der Waals surface area (Å²) >= 11 is 0. The van der Waals surface area contributed by atoms with E-state index in [9.17, 15) is 13.2 Å². The molecule has 1 amide bonds. The molecule has 0 aliphatic carbocycles. The first kappa shape index (κ1) is 21.5. The smallest absolute Gasteiger partial charge is 0.243 e. The molecule has 0 unspecified atom stereocenters. The summed E-state index contributed by atoms with van der Waals surface area (Å²) in [6, 6.07) is 13.1. The number of carbonyl (C=O) groups is 1. The van der Waals surface area contributed by atoms with E-state index in [-0.39, 0.29) is 17.9 Å². The van der Waals surface area contributed by atoms with Crippen LogP contribution in [0.1, 0.15) is 48.1 Å². The van der Waals surface area contributed by atoms with Crippen LogP contribution in [0, 0.1) is 26.7 Å². The lowest BCUT2D eigenvalue weighted by Crippen LogP contribution is -2.43. The fraction of sp³-hybridized carbons (Fsp3) is 0.435. The first-order valence-electron chi connectivity index (χ1n) is 10.1. The van der Waals surface area contributed by atoms with Gasteiger partial charge in [0, 0.05) is 19.0 Å². The van der Waals surface area contributed by atoms with Gasteiger partial charge in [0.05, 0.1) is 10.9 Å². The van der Waals surface area contributed by atoms with Gasteiger partial charge in [-0.2, -0.15) is 4.31 Å². The van der Waals surface area contributed by atoms with Crippen molar-refractivity contribution in [1.82, 2.24) is 9.62 Å². The average Bonchev–Trinajstić information content (AvgIpc) is 2.70. The number of amides is 1. The minimum absolute atomic E-state index is 0.00288. The van der Waals surface area contributed by atoms with E-state index in [0.29, 0.717) is 30.8 Å². The first-order chi connectivity index (χ1) is 13.7. The SMILES string of the molecule is Cc1ccc(S(=O)(=O)N2CCC(C(=O)N[C@@H](C)c3ccc(C)c(C)c3)CC2)cc1. The van der Waals surface area contributed by atoms with E-state index < -0.39 is 10.0 Å². The Bertz CT molecular complexity index is 976. The molecule has 2 aromatic carbocycles. The van der Waals surface area contributed by atoms with Crippen LogP contribution in [-0.2, 0) is 14.8 Å². The molecule has 1 saturated heterocycles. The molecular formula is C23H30N2O3S. The zero-order chi connectivity index (χ0) is 21.2. The van der Waals surface area contributed by atoms with Gasteiger partial charge in [-0.25, -0.2) is 8.42 Å². The second-order valence-corrected chi connectivity index (χ2v) is 10.0. The number of sulfonamides is 1. The molecule has 3 rings (SSSR count). The third kappa shape index (κ3) is 4.87. The fourth-order valence-electron chi connectivity index (χ4n) is 3.67. The first-order valence-corrected chi connectivity index (χ1v) is 11.6. The highest BCUT2D eigenvalue weighted by molar-refractivity contribution is 7.89. The normalized spacial score (nSPS) is 17.1. The monoisotopic (exact) mass is 414 g/mol. The lowest BCUT2D eigenvalue weighted by atomic mass is 9.96. The van der Waals surface area contributed by atoms with Crippen LogP contribution in [0.2, 0.25) is 0 Å². The van der Waals surface area contributed by atoms with Gasteiger partial charge in [-0.15, -0.1) is 0 Å². The highest BCUT2D eigenvalue weighted by atomic mass is 32.2. The number of benzene rings is 2. The second kappa shape index (κ2) is 8.67. The van der Waals surface area contributed by atoms with Crippen molar-refractivity contribution in [2.75, 3.05) is 13.1 Å². The van der Waals surface area contributed by atoms with Crippen molar-refractivity contribution in [2.24, 2.45) is 5.92 Å². The zero-order valence-corrected chi connectivity index (χ0v) is 18.4. The molecule has 1 aliphatic heterocycles. The maximum atomic E-state index is 12.8. The number of nitrogens with one attached hydrogen (secondary N) is 1. The van der Waals surface area contributed by atoms with Crippen LogP contribution in [0.3, 0.4) is 0 Å². The molecule has 0 bridgehead atoms. The van der Waals surface area contributed by atoms with Crippen molar-refractivity contribution in [3.63, 3.8) is 0 Å². The van der Waals surface area contributed by atoms with Crippen molar-refractivity contribution in [1.29, 1.82) is 0 Å². The van der Waals surface area contributed by atoms with Crippen molar-refractivity contribution in [3.8, 4) is 0 Å². The Morgan fingerprint density at radius 3 is 2.21 bits per heavy atom. The zero-order valence-electron chi connectivity index (χ0n) is 17.6. The van der Waals surface area contributed by atoms with Gasteiger partial charge in [-0.1, -0.05) is 35.9 Å².